The highest BCUT2D eigenvalue weighted by Crippen LogP contribution is 2.20. The maximum absolute atomic E-state index is 12.8. The highest BCUT2D eigenvalue weighted by molar-refractivity contribution is 5.79. The van der Waals surface area contributed by atoms with Gasteiger partial charge in [-0.1, -0.05) is 42.5 Å². The van der Waals surface area contributed by atoms with Crippen molar-refractivity contribution in [1.82, 2.24) is 9.80 Å². The smallest absolute Gasteiger partial charge is 0.226 e. The molecular formula is C18H26N2O. The molecule has 3 nitrogen and oxygen atoms in total. The summed E-state index contributed by atoms with van der Waals surface area (Å²) in [6, 6.07) is 10.2. The largest absolute Gasteiger partial charge is 0.334 e. The van der Waals surface area contributed by atoms with Crippen LogP contribution in [0.25, 0.3) is 0 Å². The van der Waals surface area contributed by atoms with Gasteiger partial charge >= 0.3 is 0 Å². The first-order chi connectivity index (χ1) is 10.1. The standard InChI is InChI=1S/C18H26N2O/c1-15(2)13-20(14-16-7-5-4-6-8-16)18(21)17-9-11-19(3)12-10-17/h4-8,17H,1,9-14H2,2-3H3. The Morgan fingerprint density at radius 3 is 2.48 bits per heavy atom. The SMILES string of the molecule is C=C(C)CN(Cc1ccccc1)C(=O)C1CCN(C)CC1. The molecule has 114 valence electrons. The fourth-order valence-corrected chi connectivity index (χ4v) is 2.86. The molecule has 0 aliphatic carbocycles. The summed E-state index contributed by atoms with van der Waals surface area (Å²) in [7, 11) is 2.12. The van der Waals surface area contributed by atoms with Crippen molar-refractivity contribution in [3.05, 3.63) is 48.0 Å². The second-order valence-corrected chi connectivity index (χ2v) is 6.21. The van der Waals surface area contributed by atoms with Crippen LogP contribution in [0.1, 0.15) is 25.3 Å². The average molecular weight is 286 g/mol. The van der Waals surface area contributed by atoms with Gasteiger partial charge in [0.1, 0.15) is 0 Å². The van der Waals surface area contributed by atoms with E-state index < -0.39 is 0 Å². The monoisotopic (exact) mass is 286 g/mol. The van der Waals surface area contributed by atoms with Crippen LogP contribution in [0, 0.1) is 5.92 Å². The minimum atomic E-state index is 0.171. The average Bonchev–Trinajstić information content (AvgIpc) is 2.47. The number of nitrogens with zero attached hydrogens (tertiary/aromatic N) is 2. The van der Waals surface area contributed by atoms with Crippen molar-refractivity contribution in [2.24, 2.45) is 5.92 Å². The molecule has 1 heterocycles. The molecule has 0 aromatic heterocycles. The molecule has 0 spiro atoms. The van der Waals surface area contributed by atoms with Gasteiger partial charge in [-0.05, 0) is 45.5 Å². The third kappa shape index (κ3) is 4.71. The predicted molar refractivity (Wildman–Crippen MR) is 86.9 cm³/mol. The number of hydrogen-bond donors (Lipinski definition) is 0. The van der Waals surface area contributed by atoms with Crippen LogP contribution >= 0.6 is 0 Å². The number of hydrogen-bond acceptors (Lipinski definition) is 2. The zero-order valence-corrected chi connectivity index (χ0v) is 13.2. The van der Waals surface area contributed by atoms with Crippen LogP contribution < -0.4 is 0 Å². The van der Waals surface area contributed by atoms with Crippen molar-refractivity contribution >= 4 is 5.91 Å². The maximum atomic E-state index is 12.8. The van der Waals surface area contributed by atoms with E-state index in [1.54, 1.807) is 0 Å². The lowest BCUT2D eigenvalue weighted by atomic mass is 9.95. The molecule has 1 aromatic carbocycles. The molecule has 1 fully saturated rings. The topological polar surface area (TPSA) is 23.6 Å². The van der Waals surface area contributed by atoms with E-state index in [-0.39, 0.29) is 11.8 Å². The summed E-state index contributed by atoms with van der Waals surface area (Å²) >= 11 is 0. The molecule has 3 heteroatoms. The minimum absolute atomic E-state index is 0.171. The normalized spacial score (nSPS) is 16.7. The Kier molecular flexibility index (Phi) is 5.57. The molecule has 21 heavy (non-hydrogen) atoms. The lowest BCUT2D eigenvalue weighted by Crippen LogP contribution is -2.41. The van der Waals surface area contributed by atoms with Crippen LogP contribution in [0.15, 0.2) is 42.5 Å². The van der Waals surface area contributed by atoms with E-state index in [2.05, 4.69) is 30.7 Å². The Bertz CT molecular complexity index is 475. The zero-order chi connectivity index (χ0) is 15.2. The van der Waals surface area contributed by atoms with Crippen LogP contribution in [-0.2, 0) is 11.3 Å². The van der Waals surface area contributed by atoms with Crippen LogP contribution in [-0.4, -0.2) is 42.4 Å². The number of likely N-dealkylation sites (tertiary alicyclic amines) is 1. The summed E-state index contributed by atoms with van der Waals surface area (Å²) in [4.78, 5) is 17.1. The molecule has 0 N–H and O–H groups in total. The van der Waals surface area contributed by atoms with E-state index in [0.717, 1.165) is 31.5 Å². The Balaban J connectivity index is 2.04. The number of benzene rings is 1. The van der Waals surface area contributed by atoms with E-state index in [1.807, 2.05) is 30.0 Å². The van der Waals surface area contributed by atoms with Crippen molar-refractivity contribution in [3.63, 3.8) is 0 Å². The summed E-state index contributed by atoms with van der Waals surface area (Å²) in [5, 5.41) is 0. The molecule has 0 radical (unpaired) electrons. The Morgan fingerprint density at radius 2 is 1.90 bits per heavy atom. The Labute approximate surface area is 128 Å². The van der Waals surface area contributed by atoms with Crippen molar-refractivity contribution < 1.29 is 4.79 Å². The summed E-state index contributed by atoms with van der Waals surface area (Å²) in [6.07, 6.45) is 1.94. The van der Waals surface area contributed by atoms with E-state index in [0.29, 0.717) is 13.1 Å². The van der Waals surface area contributed by atoms with Gasteiger partial charge in [-0.2, -0.15) is 0 Å². The fourth-order valence-electron chi connectivity index (χ4n) is 2.86. The summed E-state index contributed by atoms with van der Waals surface area (Å²) in [5.41, 5.74) is 2.22. The van der Waals surface area contributed by atoms with Gasteiger partial charge in [-0.3, -0.25) is 4.79 Å². The van der Waals surface area contributed by atoms with Crippen molar-refractivity contribution in [2.45, 2.75) is 26.3 Å². The number of amides is 1. The Hall–Kier alpha value is -1.61. The summed E-state index contributed by atoms with van der Waals surface area (Å²) < 4.78 is 0. The van der Waals surface area contributed by atoms with E-state index in [4.69, 9.17) is 0 Å². The molecule has 1 aliphatic heterocycles. The molecular weight excluding hydrogens is 260 g/mol. The number of rotatable bonds is 5. The molecule has 0 bridgehead atoms. The Morgan fingerprint density at radius 1 is 1.29 bits per heavy atom. The molecule has 1 saturated heterocycles. The lowest BCUT2D eigenvalue weighted by Gasteiger charge is -2.32. The van der Waals surface area contributed by atoms with Crippen LogP contribution in [0.2, 0.25) is 0 Å². The second kappa shape index (κ2) is 7.41. The third-order valence-electron chi connectivity index (χ3n) is 4.06. The second-order valence-electron chi connectivity index (χ2n) is 6.21. The van der Waals surface area contributed by atoms with Gasteiger partial charge in [-0.15, -0.1) is 0 Å². The van der Waals surface area contributed by atoms with Crippen LogP contribution in [0.3, 0.4) is 0 Å². The van der Waals surface area contributed by atoms with E-state index in [1.165, 1.54) is 5.56 Å². The zero-order valence-electron chi connectivity index (χ0n) is 13.2. The van der Waals surface area contributed by atoms with Crippen LogP contribution in [0.5, 0.6) is 0 Å². The molecule has 0 atom stereocenters. The molecule has 2 rings (SSSR count). The maximum Gasteiger partial charge on any atom is 0.226 e. The number of piperidine rings is 1. The molecule has 0 saturated carbocycles. The van der Waals surface area contributed by atoms with Gasteiger partial charge in [0.05, 0.1) is 0 Å². The van der Waals surface area contributed by atoms with Gasteiger partial charge in [0.25, 0.3) is 0 Å². The lowest BCUT2D eigenvalue weighted by molar-refractivity contribution is -0.137. The fraction of sp³-hybridized carbons (Fsp3) is 0.500. The van der Waals surface area contributed by atoms with Gasteiger partial charge in [0, 0.05) is 19.0 Å². The molecule has 1 aromatic rings. The van der Waals surface area contributed by atoms with E-state index >= 15 is 0 Å². The van der Waals surface area contributed by atoms with Crippen molar-refractivity contribution in [2.75, 3.05) is 26.7 Å². The van der Waals surface area contributed by atoms with Gasteiger partial charge in [0.2, 0.25) is 5.91 Å². The third-order valence-corrected chi connectivity index (χ3v) is 4.06. The first-order valence-electron chi connectivity index (χ1n) is 7.72. The first-order valence-corrected chi connectivity index (χ1v) is 7.72. The van der Waals surface area contributed by atoms with Crippen LogP contribution in [0.4, 0.5) is 0 Å². The summed E-state index contributed by atoms with van der Waals surface area (Å²) in [5.74, 6) is 0.458. The minimum Gasteiger partial charge on any atom is -0.334 e. The highest BCUT2D eigenvalue weighted by Gasteiger charge is 2.27. The van der Waals surface area contributed by atoms with Gasteiger partial charge < -0.3 is 9.80 Å². The van der Waals surface area contributed by atoms with Crippen molar-refractivity contribution in [3.8, 4) is 0 Å². The summed E-state index contributed by atoms with van der Waals surface area (Å²) in [6.45, 7) is 9.33. The molecule has 1 amide bonds. The molecule has 1 aliphatic rings. The number of carbonyl (C=O) groups excluding carboxylic acids is 1. The molecule has 0 unspecified atom stereocenters. The highest BCUT2D eigenvalue weighted by atomic mass is 16.2. The predicted octanol–water partition coefficient (Wildman–Crippen LogP) is 2.93. The van der Waals surface area contributed by atoms with Gasteiger partial charge in [-0.25, -0.2) is 0 Å². The van der Waals surface area contributed by atoms with E-state index in [9.17, 15) is 4.79 Å². The number of carbonyl (C=O) groups is 1. The quantitative estimate of drug-likeness (QED) is 0.777. The van der Waals surface area contributed by atoms with Crippen molar-refractivity contribution in [1.29, 1.82) is 0 Å². The van der Waals surface area contributed by atoms with Gasteiger partial charge in [0.15, 0.2) is 0 Å². The first kappa shape index (κ1) is 15.8.